The van der Waals surface area contributed by atoms with E-state index in [2.05, 4.69) is 21.9 Å². The van der Waals surface area contributed by atoms with E-state index in [0.717, 1.165) is 54.2 Å². The minimum Gasteiger partial charge on any atom is -0.299 e. The molecular formula is C26H30F2N4OS. The zero-order valence-corrected chi connectivity index (χ0v) is 20.1. The van der Waals surface area contributed by atoms with E-state index in [1.807, 2.05) is 18.2 Å². The average molecular weight is 485 g/mol. The van der Waals surface area contributed by atoms with Crippen molar-refractivity contribution in [3.63, 3.8) is 0 Å². The Hall–Kier alpha value is -2.55. The summed E-state index contributed by atoms with van der Waals surface area (Å²) in [7, 11) is 2.15. The number of hydrogen-bond donors (Lipinski definition) is 1. The van der Waals surface area contributed by atoms with Crippen LogP contribution in [0.25, 0.3) is 0 Å². The van der Waals surface area contributed by atoms with Gasteiger partial charge in [0.1, 0.15) is 18.0 Å². The van der Waals surface area contributed by atoms with Crippen molar-refractivity contribution in [3.05, 3.63) is 83.3 Å². The van der Waals surface area contributed by atoms with E-state index in [4.69, 9.17) is 0 Å². The van der Waals surface area contributed by atoms with Crippen LogP contribution >= 0.6 is 11.9 Å². The molecule has 0 radical (unpaired) electrons. The first-order chi connectivity index (χ1) is 16.5. The maximum absolute atomic E-state index is 14.1. The fraction of sp³-hybridized carbons (Fsp3) is 0.385. The Morgan fingerprint density at radius 3 is 2.41 bits per heavy atom. The second-order valence-electron chi connectivity index (χ2n) is 8.73. The molecule has 1 saturated heterocycles. The molecule has 5 nitrogen and oxygen atoms in total. The highest BCUT2D eigenvalue weighted by atomic mass is 32.2. The number of fused-ring (bicyclic) bond motifs is 1. The Labute approximate surface area is 203 Å². The molecule has 2 heterocycles. The van der Waals surface area contributed by atoms with E-state index in [9.17, 15) is 14.0 Å². The Balaban J connectivity index is 0.000000172. The van der Waals surface area contributed by atoms with Crippen molar-refractivity contribution in [1.29, 1.82) is 0 Å². The highest BCUT2D eigenvalue weighted by molar-refractivity contribution is 8.00. The van der Waals surface area contributed by atoms with E-state index < -0.39 is 0 Å². The van der Waals surface area contributed by atoms with E-state index >= 15 is 0 Å². The van der Waals surface area contributed by atoms with Crippen LogP contribution in [0, 0.1) is 11.6 Å². The molecule has 1 aromatic heterocycles. The number of aryl methyl sites for hydroxylation is 2. The quantitative estimate of drug-likeness (QED) is 0.343. The fourth-order valence-corrected chi connectivity index (χ4v) is 5.25. The standard InChI is InChI=1S/C14H14FN3OS.C12H16FN/c15-12-7-10-3-1-2-4-11(10)8-13(12)20-18(19)14-5-6-16-9-17-14;1-14-9-3-2-4-12(14)10-5-7-11(13)8-6-10/h5-9,19H,1-4H2;5-8,12H,2-4,9H2,1H3/t;12-/m.0/s1. The summed E-state index contributed by atoms with van der Waals surface area (Å²) < 4.78 is 27.7. The van der Waals surface area contributed by atoms with Crippen LogP contribution in [0.4, 0.5) is 14.6 Å². The monoisotopic (exact) mass is 484 g/mol. The predicted molar refractivity (Wildman–Crippen MR) is 131 cm³/mol. The van der Waals surface area contributed by atoms with Crippen LogP contribution in [0.2, 0.25) is 0 Å². The predicted octanol–water partition coefficient (Wildman–Crippen LogP) is 6.38. The number of piperidine rings is 1. The van der Waals surface area contributed by atoms with Gasteiger partial charge in [-0.25, -0.2) is 18.7 Å². The Morgan fingerprint density at radius 1 is 1.00 bits per heavy atom. The van der Waals surface area contributed by atoms with Gasteiger partial charge >= 0.3 is 0 Å². The van der Waals surface area contributed by atoms with Crippen molar-refractivity contribution in [2.75, 3.05) is 18.1 Å². The van der Waals surface area contributed by atoms with Crippen molar-refractivity contribution in [2.24, 2.45) is 0 Å². The van der Waals surface area contributed by atoms with Crippen molar-refractivity contribution in [2.45, 2.75) is 55.9 Å². The lowest BCUT2D eigenvalue weighted by molar-refractivity contribution is 0.187. The van der Waals surface area contributed by atoms with Crippen molar-refractivity contribution in [3.8, 4) is 0 Å². The van der Waals surface area contributed by atoms with Crippen LogP contribution in [0.1, 0.15) is 54.8 Å². The van der Waals surface area contributed by atoms with Gasteiger partial charge in [0.2, 0.25) is 0 Å². The molecule has 1 fully saturated rings. The summed E-state index contributed by atoms with van der Waals surface area (Å²) in [6.07, 6.45) is 10.8. The minimum absolute atomic E-state index is 0.146. The molecule has 0 unspecified atom stereocenters. The molecule has 5 rings (SSSR count). The van der Waals surface area contributed by atoms with Gasteiger partial charge in [0.15, 0.2) is 5.82 Å². The molecule has 0 saturated carbocycles. The first-order valence-electron chi connectivity index (χ1n) is 11.7. The van der Waals surface area contributed by atoms with Crippen molar-refractivity contribution in [1.82, 2.24) is 14.9 Å². The maximum atomic E-state index is 14.1. The van der Waals surface area contributed by atoms with Crippen LogP contribution in [0.3, 0.4) is 0 Å². The van der Waals surface area contributed by atoms with Crippen LogP contribution in [0.5, 0.6) is 0 Å². The maximum Gasteiger partial charge on any atom is 0.168 e. The fourth-order valence-electron chi connectivity index (χ4n) is 4.52. The third-order valence-corrected chi connectivity index (χ3v) is 7.24. The molecule has 1 aliphatic carbocycles. The van der Waals surface area contributed by atoms with Crippen molar-refractivity contribution >= 4 is 17.8 Å². The average Bonchev–Trinajstić information content (AvgIpc) is 2.86. The first kappa shape index (κ1) is 24.6. The van der Waals surface area contributed by atoms with Gasteiger partial charge in [0, 0.05) is 30.3 Å². The van der Waals surface area contributed by atoms with Gasteiger partial charge in [0.25, 0.3) is 0 Å². The lowest BCUT2D eigenvalue weighted by Gasteiger charge is -2.32. The summed E-state index contributed by atoms with van der Waals surface area (Å²) in [5.41, 5.74) is 3.51. The number of benzene rings is 2. The number of anilines is 1. The molecule has 34 heavy (non-hydrogen) atoms. The molecule has 2 aromatic carbocycles. The Bertz CT molecular complexity index is 1070. The van der Waals surface area contributed by atoms with Crippen LogP contribution in [0.15, 0.2) is 59.9 Å². The number of hydrogen-bond acceptors (Lipinski definition) is 6. The van der Waals surface area contributed by atoms with Crippen LogP contribution in [-0.4, -0.2) is 33.7 Å². The SMILES string of the molecule is CN1CCCC[C@H]1c1ccc(F)cc1.ON(Sc1cc2c(cc1F)CCCC2)c1ccncn1. The highest BCUT2D eigenvalue weighted by Gasteiger charge is 2.20. The lowest BCUT2D eigenvalue weighted by atomic mass is 9.92. The number of aromatic nitrogens is 2. The molecule has 1 N–H and O–H groups in total. The molecule has 180 valence electrons. The van der Waals surface area contributed by atoms with Gasteiger partial charge in [-0.1, -0.05) is 18.6 Å². The largest absolute Gasteiger partial charge is 0.299 e. The van der Waals surface area contributed by atoms with E-state index in [-0.39, 0.29) is 11.6 Å². The summed E-state index contributed by atoms with van der Waals surface area (Å²) in [6, 6.07) is 12.4. The van der Waals surface area contributed by atoms with Gasteiger partial charge < -0.3 is 0 Å². The number of halogens is 2. The second-order valence-corrected chi connectivity index (χ2v) is 9.70. The smallest absolute Gasteiger partial charge is 0.168 e. The topological polar surface area (TPSA) is 52.5 Å². The van der Waals surface area contributed by atoms with Crippen LogP contribution < -0.4 is 4.47 Å². The molecule has 2 aliphatic rings. The van der Waals surface area contributed by atoms with E-state index in [0.29, 0.717) is 16.8 Å². The van der Waals surface area contributed by atoms with Crippen LogP contribution in [-0.2, 0) is 12.8 Å². The number of rotatable bonds is 4. The number of likely N-dealkylation sites (tertiary alicyclic amines) is 1. The zero-order chi connectivity index (χ0) is 23.9. The Morgan fingerprint density at radius 2 is 1.74 bits per heavy atom. The number of nitrogens with zero attached hydrogens (tertiary/aromatic N) is 4. The molecular weight excluding hydrogens is 454 g/mol. The lowest BCUT2D eigenvalue weighted by Crippen LogP contribution is -2.29. The van der Waals surface area contributed by atoms with Gasteiger partial charge in [0.05, 0.1) is 4.90 Å². The molecule has 3 aromatic rings. The molecule has 1 atom stereocenters. The first-order valence-corrected chi connectivity index (χ1v) is 12.5. The summed E-state index contributed by atoms with van der Waals surface area (Å²) in [5, 5.41) is 9.94. The van der Waals surface area contributed by atoms with E-state index in [1.165, 1.54) is 42.9 Å². The Kier molecular flexibility index (Phi) is 8.48. The third-order valence-electron chi connectivity index (χ3n) is 6.37. The summed E-state index contributed by atoms with van der Waals surface area (Å²) >= 11 is 0.920. The minimum atomic E-state index is -0.302. The highest BCUT2D eigenvalue weighted by Crippen LogP contribution is 2.32. The van der Waals surface area contributed by atoms with Gasteiger partial charge in [-0.05, 0) is 93.1 Å². The second kappa shape index (κ2) is 11.7. The summed E-state index contributed by atoms with van der Waals surface area (Å²) in [6.45, 7) is 1.15. The summed E-state index contributed by atoms with van der Waals surface area (Å²) in [5.74, 6) is -0.127. The zero-order valence-electron chi connectivity index (χ0n) is 19.3. The third kappa shape index (κ3) is 6.31. The molecule has 0 bridgehead atoms. The van der Waals surface area contributed by atoms with Gasteiger partial charge in [-0.15, -0.1) is 0 Å². The summed E-state index contributed by atoms with van der Waals surface area (Å²) in [4.78, 5) is 10.5. The molecule has 0 amide bonds. The normalized spacial score (nSPS) is 17.9. The van der Waals surface area contributed by atoms with Gasteiger partial charge in [-0.3, -0.25) is 10.1 Å². The van der Waals surface area contributed by atoms with Gasteiger partial charge in [-0.2, -0.15) is 4.47 Å². The molecule has 8 heteroatoms. The van der Waals surface area contributed by atoms with E-state index in [1.54, 1.807) is 24.3 Å². The van der Waals surface area contributed by atoms with Crippen molar-refractivity contribution < 1.29 is 14.0 Å². The molecule has 0 spiro atoms. The molecule has 1 aliphatic heterocycles.